The molecule has 0 aromatic carbocycles. The molecule has 1 aromatic rings. The van der Waals surface area contributed by atoms with E-state index in [9.17, 15) is 9.18 Å². The first-order valence-electron chi connectivity index (χ1n) is 2.90. The lowest BCUT2D eigenvalue weighted by atomic mass is 10.4. The van der Waals surface area contributed by atoms with Crippen LogP contribution in [0, 0.1) is 5.82 Å². The second-order valence-electron chi connectivity index (χ2n) is 1.77. The Morgan fingerprint density at radius 3 is 3.00 bits per heavy atom. The summed E-state index contributed by atoms with van der Waals surface area (Å²) in [6, 6.07) is 1.14. The van der Waals surface area contributed by atoms with Gasteiger partial charge in [0.25, 0.3) is 0 Å². The maximum atomic E-state index is 12.6. The van der Waals surface area contributed by atoms with Crippen molar-refractivity contribution in [2.45, 2.75) is 0 Å². The van der Waals surface area contributed by atoms with E-state index in [2.05, 4.69) is 16.3 Å². The maximum absolute atomic E-state index is 12.6. The number of hydrogen-bond donors (Lipinski definition) is 1. The monoisotopic (exact) mass is 155 g/mol. The molecule has 0 unspecified atom stereocenters. The number of aromatic nitrogens is 1. The van der Waals surface area contributed by atoms with Crippen molar-refractivity contribution in [1.82, 2.24) is 4.98 Å². The van der Waals surface area contributed by atoms with E-state index in [0.29, 0.717) is 0 Å². The van der Waals surface area contributed by atoms with Crippen LogP contribution in [0.1, 0.15) is 10.5 Å². The fourth-order valence-corrected chi connectivity index (χ4v) is 0.641. The molecular weight excluding hydrogens is 149 g/mol. The van der Waals surface area contributed by atoms with Crippen LogP contribution in [0.4, 0.5) is 4.39 Å². The van der Waals surface area contributed by atoms with Crippen LogP contribution in [0.25, 0.3) is 0 Å². The zero-order chi connectivity index (χ0) is 8.27. The second-order valence-corrected chi connectivity index (χ2v) is 1.77. The first kappa shape index (κ1) is 7.53. The van der Waals surface area contributed by atoms with Crippen LogP contribution in [0.15, 0.2) is 25.1 Å². The van der Waals surface area contributed by atoms with Gasteiger partial charge in [0.1, 0.15) is 0 Å². The Labute approximate surface area is 62.5 Å². The van der Waals surface area contributed by atoms with Crippen molar-refractivity contribution in [3.8, 4) is 0 Å². The number of halogens is 1. The van der Waals surface area contributed by atoms with Crippen LogP contribution in [0.3, 0.4) is 0 Å². The van der Waals surface area contributed by atoms with E-state index >= 15 is 0 Å². The van der Waals surface area contributed by atoms with Crippen molar-refractivity contribution in [2.24, 2.45) is 0 Å². The van der Waals surface area contributed by atoms with Crippen molar-refractivity contribution >= 4 is 5.97 Å². The Kier molecular flexibility index (Phi) is 2.06. The van der Waals surface area contributed by atoms with Crippen LogP contribution in [-0.2, 0) is 4.74 Å². The molecule has 1 heterocycles. The summed E-state index contributed by atoms with van der Waals surface area (Å²) in [5.41, 5.74) is -0.190. The molecule has 3 nitrogen and oxygen atoms in total. The van der Waals surface area contributed by atoms with E-state index in [1.807, 2.05) is 0 Å². The molecule has 0 saturated carbocycles. The summed E-state index contributed by atoms with van der Waals surface area (Å²) in [6.07, 6.45) is 2.26. The molecule has 11 heavy (non-hydrogen) atoms. The third-order valence-electron chi connectivity index (χ3n) is 1.09. The topological polar surface area (TPSA) is 42.1 Å². The largest absolute Gasteiger partial charge is 0.430 e. The predicted octanol–water partition coefficient (Wildman–Crippen LogP) is 1.45. The molecular formula is C7H6FNO2. The molecule has 0 bridgehead atoms. The summed E-state index contributed by atoms with van der Waals surface area (Å²) in [4.78, 5) is 13.2. The average Bonchev–Trinajstić information content (AvgIpc) is 2.36. The van der Waals surface area contributed by atoms with Crippen molar-refractivity contribution in [1.29, 1.82) is 0 Å². The van der Waals surface area contributed by atoms with Crippen LogP contribution >= 0.6 is 0 Å². The predicted molar refractivity (Wildman–Crippen MR) is 36.4 cm³/mol. The number of ether oxygens (including phenoxy) is 1. The second kappa shape index (κ2) is 3.01. The molecule has 0 atom stereocenters. The SMILES string of the molecule is C=COC(=O)c1[nH]ccc1F. The van der Waals surface area contributed by atoms with Crippen LogP contribution < -0.4 is 0 Å². The molecule has 1 N–H and O–H groups in total. The molecule has 4 heteroatoms. The highest BCUT2D eigenvalue weighted by molar-refractivity contribution is 5.87. The number of hydrogen-bond acceptors (Lipinski definition) is 2. The summed E-state index contributed by atoms with van der Waals surface area (Å²) in [7, 11) is 0. The van der Waals surface area contributed by atoms with Crippen molar-refractivity contribution in [2.75, 3.05) is 0 Å². The summed E-state index contributed by atoms with van der Waals surface area (Å²) in [5.74, 6) is -1.40. The number of carbonyl (C=O) groups is 1. The first-order valence-corrected chi connectivity index (χ1v) is 2.90. The van der Waals surface area contributed by atoms with Crippen molar-refractivity contribution in [3.05, 3.63) is 36.6 Å². The first-order chi connectivity index (χ1) is 5.25. The molecule has 1 aromatic heterocycles. The highest BCUT2D eigenvalue weighted by Crippen LogP contribution is 2.04. The zero-order valence-corrected chi connectivity index (χ0v) is 5.63. The van der Waals surface area contributed by atoms with Gasteiger partial charge in [-0.05, 0) is 6.07 Å². The molecule has 0 aliphatic carbocycles. The number of esters is 1. The van der Waals surface area contributed by atoms with E-state index in [1.165, 1.54) is 6.20 Å². The molecule has 0 fully saturated rings. The van der Waals surface area contributed by atoms with Crippen LogP contribution in [0.2, 0.25) is 0 Å². The van der Waals surface area contributed by atoms with Gasteiger partial charge in [0.05, 0.1) is 6.26 Å². The molecule has 0 amide bonds. The zero-order valence-electron chi connectivity index (χ0n) is 5.63. The van der Waals surface area contributed by atoms with Gasteiger partial charge in [-0.1, -0.05) is 6.58 Å². The van der Waals surface area contributed by atoms with Gasteiger partial charge in [-0.25, -0.2) is 9.18 Å². The fraction of sp³-hybridized carbons (Fsp3) is 0. The Morgan fingerprint density at radius 1 is 1.82 bits per heavy atom. The molecule has 0 aliphatic heterocycles. The molecule has 0 radical (unpaired) electrons. The van der Waals surface area contributed by atoms with Gasteiger partial charge in [0, 0.05) is 6.20 Å². The summed E-state index contributed by atoms with van der Waals surface area (Å²) in [5, 5.41) is 0. The van der Waals surface area contributed by atoms with Gasteiger partial charge in [0.2, 0.25) is 0 Å². The number of carbonyl (C=O) groups excluding carboxylic acids is 1. The third-order valence-corrected chi connectivity index (χ3v) is 1.09. The summed E-state index contributed by atoms with van der Waals surface area (Å²) >= 11 is 0. The van der Waals surface area contributed by atoms with E-state index in [-0.39, 0.29) is 5.69 Å². The fourth-order valence-electron chi connectivity index (χ4n) is 0.641. The van der Waals surface area contributed by atoms with Gasteiger partial charge < -0.3 is 9.72 Å². The Morgan fingerprint density at radius 2 is 2.55 bits per heavy atom. The van der Waals surface area contributed by atoms with Gasteiger partial charge in [0.15, 0.2) is 11.5 Å². The lowest BCUT2D eigenvalue weighted by Gasteiger charge is -1.93. The minimum Gasteiger partial charge on any atom is -0.430 e. The normalized spacial score (nSPS) is 9.18. The Bertz CT molecular complexity index is 280. The van der Waals surface area contributed by atoms with E-state index < -0.39 is 11.8 Å². The van der Waals surface area contributed by atoms with E-state index in [4.69, 9.17) is 0 Å². The molecule has 58 valence electrons. The van der Waals surface area contributed by atoms with Gasteiger partial charge >= 0.3 is 5.97 Å². The molecule has 0 spiro atoms. The number of aromatic amines is 1. The number of nitrogens with one attached hydrogen (secondary N) is 1. The van der Waals surface area contributed by atoms with Crippen molar-refractivity contribution in [3.63, 3.8) is 0 Å². The van der Waals surface area contributed by atoms with Crippen LogP contribution in [0.5, 0.6) is 0 Å². The van der Waals surface area contributed by atoms with Gasteiger partial charge in [-0.3, -0.25) is 0 Å². The lowest BCUT2D eigenvalue weighted by Crippen LogP contribution is -2.02. The smallest absolute Gasteiger partial charge is 0.362 e. The molecule has 0 saturated heterocycles. The third kappa shape index (κ3) is 1.46. The van der Waals surface area contributed by atoms with Crippen LogP contribution in [-0.4, -0.2) is 11.0 Å². The highest BCUT2D eigenvalue weighted by Gasteiger charge is 2.12. The number of H-pyrrole nitrogens is 1. The standard InChI is InChI=1S/C7H6FNO2/c1-2-11-7(10)6-5(8)3-4-9-6/h2-4,9H,1H2. The highest BCUT2D eigenvalue weighted by atomic mass is 19.1. The minimum atomic E-state index is -0.775. The average molecular weight is 155 g/mol. The summed E-state index contributed by atoms with van der Waals surface area (Å²) in [6.45, 7) is 3.16. The Balaban J connectivity index is 2.83. The number of rotatable bonds is 2. The van der Waals surface area contributed by atoms with E-state index in [0.717, 1.165) is 12.3 Å². The lowest BCUT2D eigenvalue weighted by molar-refractivity contribution is 0.0653. The van der Waals surface area contributed by atoms with E-state index in [1.54, 1.807) is 0 Å². The maximum Gasteiger partial charge on any atom is 0.362 e. The minimum absolute atomic E-state index is 0.190. The molecule has 1 rings (SSSR count). The Hall–Kier alpha value is -1.58. The summed E-state index contributed by atoms with van der Waals surface area (Å²) < 4.78 is 16.9. The molecule has 0 aliphatic rings. The quantitative estimate of drug-likeness (QED) is 0.518. The van der Waals surface area contributed by atoms with Gasteiger partial charge in [-0.2, -0.15) is 0 Å². The van der Waals surface area contributed by atoms with Gasteiger partial charge in [-0.15, -0.1) is 0 Å². The van der Waals surface area contributed by atoms with Crippen molar-refractivity contribution < 1.29 is 13.9 Å².